The average molecular weight is 295 g/mol. The van der Waals surface area contributed by atoms with E-state index in [9.17, 15) is 5.11 Å². The van der Waals surface area contributed by atoms with Gasteiger partial charge in [-0.25, -0.2) is 0 Å². The van der Waals surface area contributed by atoms with Crippen LogP contribution in [-0.2, 0) is 0 Å². The SMILES string of the molecule is C=C(B/C(C)=C\C)c1cc(O)cc(C(=C)NC(C)C(=C)C)c1. The molecule has 116 valence electrons. The van der Waals surface area contributed by atoms with Gasteiger partial charge in [0.05, 0.1) is 0 Å². The Morgan fingerprint density at radius 3 is 2.32 bits per heavy atom. The number of nitrogens with one attached hydrogen (secondary N) is 1. The van der Waals surface area contributed by atoms with E-state index in [4.69, 9.17) is 0 Å². The monoisotopic (exact) mass is 295 g/mol. The minimum absolute atomic E-state index is 0.131. The highest BCUT2D eigenvalue weighted by Gasteiger charge is 2.10. The van der Waals surface area contributed by atoms with Gasteiger partial charge in [-0.15, -0.1) is 12.1 Å². The molecule has 0 spiro atoms. The normalized spacial score (nSPS) is 12.5. The predicted molar refractivity (Wildman–Crippen MR) is 100 cm³/mol. The number of benzene rings is 1. The van der Waals surface area contributed by atoms with Crippen molar-refractivity contribution in [3.8, 4) is 5.75 Å². The molecule has 1 unspecified atom stereocenters. The van der Waals surface area contributed by atoms with Crippen LogP contribution in [0.1, 0.15) is 38.8 Å². The standard InChI is InChI=1S/C19H26BNO/c1-8-13(4)20-14(5)17-9-18(11-19(22)10-17)16(7)21-15(6)12(2)3/h8-11,15,20-22H,2,5,7H2,1,3-4,6H3/b13-8-. The maximum atomic E-state index is 9.98. The molecule has 1 rings (SSSR count). The zero-order valence-electron chi connectivity index (χ0n) is 14.2. The molecular formula is C19H26BNO. The van der Waals surface area contributed by atoms with Crippen molar-refractivity contribution in [2.24, 2.45) is 0 Å². The lowest BCUT2D eigenvalue weighted by Gasteiger charge is -2.18. The van der Waals surface area contributed by atoms with Crippen molar-refractivity contribution in [3.05, 3.63) is 66.2 Å². The molecule has 1 atom stereocenters. The summed E-state index contributed by atoms with van der Waals surface area (Å²) >= 11 is 0. The first-order chi connectivity index (χ1) is 10.2. The van der Waals surface area contributed by atoms with Crippen LogP contribution in [0.2, 0.25) is 0 Å². The second-order valence-corrected chi connectivity index (χ2v) is 5.87. The first-order valence-corrected chi connectivity index (χ1v) is 7.49. The summed E-state index contributed by atoms with van der Waals surface area (Å²) in [6.45, 7) is 20.2. The number of allylic oxidation sites excluding steroid dienone is 2. The minimum Gasteiger partial charge on any atom is -0.508 e. The van der Waals surface area contributed by atoms with E-state index in [1.54, 1.807) is 12.1 Å². The van der Waals surface area contributed by atoms with Crippen molar-refractivity contribution >= 4 is 18.4 Å². The third-order valence-corrected chi connectivity index (χ3v) is 3.79. The first kappa shape index (κ1) is 17.9. The van der Waals surface area contributed by atoms with E-state index in [-0.39, 0.29) is 11.8 Å². The average Bonchev–Trinajstić information content (AvgIpc) is 2.45. The van der Waals surface area contributed by atoms with Crippen LogP contribution in [0, 0.1) is 0 Å². The third-order valence-electron chi connectivity index (χ3n) is 3.79. The topological polar surface area (TPSA) is 32.3 Å². The van der Waals surface area contributed by atoms with Gasteiger partial charge in [-0.2, -0.15) is 0 Å². The van der Waals surface area contributed by atoms with E-state index in [0.717, 1.165) is 35.1 Å². The number of aromatic hydroxyl groups is 1. The Hall–Kier alpha value is -2.16. The Bertz CT molecular complexity index is 628. The third kappa shape index (κ3) is 4.99. The van der Waals surface area contributed by atoms with Crippen LogP contribution in [0.5, 0.6) is 5.75 Å². The summed E-state index contributed by atoms with van der Waals surface area (Å²) in [4.78, 5) is 0. The Balaban J connectivity index is 3.01. The zero-order chi connectivity index (χ0) is 16.9. The number of hydrogen-bond donors (Lipinski definition) is 2. The summed E-state index contributed by atoms with van der Waals surface area (Å²) in [5, 5.41) is 13.3. The lowest BCUT2D eigenvalue weighted by molar-refractivity contribution is 0.475. The molecule has 2 N–H and O–H groups in total. The zero-order valence-corrected chi connectivity index (χ0v) is 14.2. The molecule has 0 bridgehead atoms. The molecule has 0 saturated heterocycles. The summed E-state index contributed by atoms with van der Waals surface area (Å²) in [6.07, 6.45) is 2.07. The highest BCUT2D eigenvalue weighted by molar-refractivity contribution is 6.67. The van der Waals surface area contributed by atoms with E-state index in [1.807, 2.05) is 26.8 Å². The summed E-state index contributed by atoms with van der Waals surface area (Å²) in [5.41, 5.74) is 5.83. The van der Waals surface area contributed by atoms with E-state index in [2.05, 4.69) is 38.1 Å². The Kier molecular flexibility index (Phi) is 6.30. The Labute approximate surface area is 135 Å². The van der Waals surface area contributed by atoms with Gasteiger partial charge in [-0.3, -0.25) is 0 Å². The smallest absolute Gasteiger partial charge is 0.186 e. The molecular weight excluding hydrogens is 269 g/mol. The molecule has 0 amide bonds. The lowest BCUT2D eigenvalue weighted by atomic mass is 9.61. The highest BCUT2D eigenvalue weighted by atomic mass is 16.3. The Morgan fingerprint density at radius 1 is 1.18 bits per heavy atom. The van der Waals surface area contributed by atoms with Crippen molar-refractivity contribution in [1.29, 1.82) is 0 Å². The van der Waals surface area contributed by atoms with Crippen molar-refractivity contribution in [1.82, 2.24) is 5.32 Å². The van der Waals surface area contributed by atoms with E-state index in [1.165, 1.54) is 5.47 Å². The molecule has 2 nitrogen and oxygen atoms in total. The fourth-order valence-corrected chi connectivity index (χ4v) is 2.00. The summed E-state index contributed by atoms with van der Waals surface area (Å²) in [6, 6.07) is 5.59. The van der Waals surface area contributed by atoms with E-state index < -0.39 is 0 Å². The van der Waals surface area contributed by atoms with Gasteiger partial charge >= 0.3 is 0 Å². The van der Waals surface area contributed by atoms with Crippen molar-refractivity contribution in [2.75, 3.05) is 0 Å². The molecule has 1 aromatic rings. The highest BCUT2D eigenvalue weighted by Crippen LogP contribution is 2.25. The molecule has 0 aromatic heterocycles. The van der Waals surface area contributed by atoms with Crippen LogP contribution < -0.4 is 5.32 Å². The van der Waals surface area contributed by atoms with Crippen LogP contribution in [0.25, 0.3) is 11.2 Å². The van der Waals surface area contributed by atoms with Gasteiger partial charge in [0, 0.05) is 17.3 Å². The molecule has 0 saturated carbocycles. The molecule has 1 aromatic carbocycles. The van der Waals surface area contributed by atoms with Crippen molar-refractivity contribution in [2.45, 2.75) is 33.7 Å². The molecule has 0 fully saturated rings. The van der Waals surface area contributed by atoms with Crippen LogP contribution in [-0.4, -0.2) is 18.4 Å². The quantitative estimate of drug-likeness (QED) is 0.582. The molecule has 0 aliphatic carbocycles. The molecule has 0 radical (unpaired) electrons. The fourth-order valence-electron chi connectivity index (χ4n) is 2.00. The lowest BCUT2D eigenvalue weighted by Crippen LogP contribution is -2.24. The fraction of sp³-hybridized carbons (Fsp3) is 0.263. The second kappa shape index (κ2) is 7.74. The van der Waals surface area contributed by atoms with Crippen molar-refractivity contribution in [3.63, 3.8) is 0 Å². The molecule has 0 heterocycles. The number of hydrogen-bond acceptors (Lipinski definition) is 2. The van der Waals surface area contributed by atoms with Gasteiger partial charge < -0.3 is 10.4 Å². The van der Waals surface area contributed by atoms with Crippen LogP contribution in [0.15, 0.2) is 55.1 Å². The molecule has 3 heteroatoms. The Morgan fingerprint density at radius 2 is 1.77 bits per heavy atom. The second-order valence-electron chi connectivity index (χ2n) is 5.87. The predicted octanol–water partition coefficient (Wildman–Crippen LogP) is 4.25. The largest absolute Gasteiger partial charge is 0.508 e. The summed E-state index contributed by atoms with van der Waals surface area (Å²) in [5.74, 6) is 0.220. The van der Waals surface area contributed by atoms with Gasteiger partial charge in [0.2, 0.25) is 0 Å². The van der Waals surface area contributed by atoms with Gasteiger partial charge in [0.15, 0.2) is 7.28 Å². The number of phenolic OH excluding ortho intramolecular Hbond substituents is 1. The number of phenols is 1. The maximum Gasteiger partial charge on any atom is 0.186 e. The van der Waals surface area contributed by atoms with Gasteiger partial charge in [-0.1, -0.05) is 37.2 Å². The van der Waals surface area contributed by atoms with Gasteiger partial charge in [-0.05, 0) is 44.5 Å². The first-order valence-electron chi connectivity index (χ1n) is 7.49. The minimum atomic E-state index is 0.131. The summed E-state index contributed by atoms with van der Waals surface area (Å²) in [7, 11) is 0.793. The summed E-state index contributed by atoms with van der Waals surface area (Å²) < 4.78 is 0. The van der Waals surface area contributed by atoms with Crippen LogP contribution >= 0.6 is 0 Å². The van der Waals surface area contributed by atoms with Crippen LogP contribution in [0.4, 0.5) is 0 Å². The van der Waals surface area contributed by atoms with Gasteiger partial charge in [0.25, 0.3) is 0 Å². The molecule has 22 heavy (non-hydrogen) atoms. The van der Waals surface area contributed by atoms with E-state index in [0.29, 0.717) is 0 Å². The molecule has 0 aliphatic heterocycles. The van der Waals surface area contributed by atoms with E-state index >= 15 is 0 Å². The molecule has 0 aliphatic rings. The van der Waals surface area contributed by atoms with Crippen LogP contribution in [0.3, 0.4) is 0 Å². The number of rotatable bonds is 7. The van der Waals surface area contributed by atoms with Gasteiger partial charge in [0.1, 0.15) is 5.75 Å². The maximum absolute atomic E-state index is 9.98. The van der Waals surface area contributed by atoms with Crippen molar-refractivity contribution < 1.29 is 5.11 Å².